The first-order valence-corrected chi connectivity index (χ1v) is 7.90. The topological polar surface area (TPSA) is 83.1 Å². The first kappa shape index (κ1) is 18.3. The van der Waals surface area contributed by atoms with E-state index in [1.165, 1.54) is 5.56 Å². The highest BCUT2D eigenvalue weighted by Crippen LogP contribution is 2.18. The Morgan fingerprint density at radius 2 is 1.64 bits per heavy atom. The van der Waals surface area contributed by atoms with E-state index in [4.69, 9.17) is 20.0 Å². The van der Waals surface area contributed by atoms with Gasteiger partial charge >= 0.3 is 5.97 Å². The summed E-state index contributed by atoms with van der Waals surface area (Å²) in [6.45, 7) is 3.97. The van der Waals surface area contributed by atoms with E-state index in [1.807, 2.05) is 24.3 Å². The molecule has 0 atom stereocenters. The fraction of sp³-hybridized carbons (Fsp3) is 0.263. The van der Waals surface area contributed by atoms with E-state index in [9.17, 15) is 4.79 Å². The van der Waals surface area contributed by atoms with Crippen molar-refractivity contribution >= 4 is 11.8 Å². The van der Waals surface area contributed by atoms with Crippen molar-refractivity contribution in [2.45, 2.75) is 19.8 Å². The highest BCUT2D eigenvalue weighted by Gasteiger charge is 2.07. The molecule has 25 heavy (non-hydrogen) atoms. The number of carbonyl (C=O) groups excluding carboxylic acids is 1. The lowest BCUT2D eigenvalue weighted by Crippen LogP contribution is -2.18. The molecule has 2 aromatic carbocycles. The van der Waals surface area contributed by atoms with Gasteiger partial charge < -0.3 is 20.0 Å². The zero-order valence-electron chi connectivity index (χ0n) is 14.6. The summed E-state index contributed by atoms with van der Waals surface area (Å²) in [6.07, 6.45) is 0. The molecule has 0 heterocycles. The van der Waals surface area contributed by atoms with Gasteiger partial charge in [-0.2, -0.15) is 0 Å². The Kier molecular flexibility index (Phi) is 6.39. The summed E-state index contributed by atoms with van der Waals surface area (Å²) in [4.78, 5) is 16.5. The molecule has 0 amide bonds. The van der Waals surface area contributed by atoms with E-state index in [2.05, 4.69) is 19.0 Å². The molecule has 6 nitrogen and oxygen atoms in total. The molecule has 0 saturated carbocycles. The van der Waals surface area contributed by atoms with Gasteiger partial charge in [0.05, 0.1) is 7.11 Å². The molecule has 132 valence electrons. The van der Waals surface area contributed by atoms with Gasteiger partial charge in [0.15, 0.2) is 12.4 Å². The van der Waals surface area contributed by atoms with Gasteiger partial charge in [-0.15, -0.1) is 0 Å². The van der Waals surface area contributed by atoms with Gasteiger partial charge in [0.2, 0.25) is 0 Å². The van der Waals surface area contributed by atoms with Crippen LogP contribution in [-0.4, -0.2) is 25.5 Å². The van der Waals surface area contributed by atoms with Crippen molar-refractivity contribution in [1.82, 2.24) is 0 Å². The third-order valence-electron chi connectivity index (χ3n) is 3.54. The Morgan fingerprint density at radius 3 is 2.20 bits per heavy atom. The Labute approximate surface area is 147 Å². The van der Waals surface area contributed by atoms with Crippen molar-refractivity contribution in [2.75, 3.05) is 13.7 Å². The number of carbonyl (C=O) groups is 1. The number of hydrogen-bond acceptors (Lipinski definition) is 5. The van der Waals surface area contributed by atoms with Gasteiger partial charge in [-0.05, 0) is 47.9 Å². The molecule has 0 radical (unpaired) electrons. The first-order chi connectivity index (χ1) is 12.0. The smallest absolute Gasteiger partial charge is 0.372 e. The molecule has 0 bridgehead atoms. The minimum atomic E-state index is -0.635. The summed E-state index contributed by atoms with van der Waals surface area (Å²) in [5.41, 5.74) is 7.60. The Bertz CT molecular complexity index is 722. The first-order valence-electron chi connectivity index (χ1n) is 7.90. The van der Waals surface area contributed by atoms with Gasteiger partial charge in [-0.1, -0.05) is 31.1 Å². The number of methoxy groups -OCH3 is 1. The highest BCUT2D eigenvalue weighted by molar-refractivity contribution is 5.97. The van der Waals surface area contributed by atoms with E-state index in [0.29, 0.717) is 23.0 Å². The molecule has 0 aliphatic heterocycles. The van der Waals surface area contributed by atoms with Crippen molar-refractivity contribution in [3.8, 4) is 11.5 Å². The Hall–Kier alpha value is -3.02. The largest absolute Gasteiger partial charge is 0.497 e. The second-order valence-electron chi connectivity index (χ2n) is 5.68. The third-order valence-corrected chi connectivity index (χ3v) is 3.54. The minimum Gasteiger partial charge on any atom is -0.497 e. The molecule has 0 aliphatic rings. The molecule has 0 unspecified atom stereocenters. The fourth-order valence-electron chi connectivity index (χ4n) is 2.03. The monoisotopic (exact) mass is 342 g/mol. The maximum Gasteiger partial charge on any atom is 0.372 e. The normalized spacial score (nSPS) is 11.3. The fourth-order valence-corrected chi connectivity index (χ4v) is 2.03. The summed E-state index contributed by atoms with van der Waals surface area (Å²) in [6, 6.07) is 14.5. The van der Waals surface area contributed by atoms with Crippen LogP contribution in [0.3, 0.4) is 0 Å². The second kappa shape index (κ2) is 8.73. The highest BCUT2D eigenvalue weighted by atomic mass is 16.7. The lowest BCUT2D eigenvalue weighted by Gasteiger charge is -2.08. The molecule has 0 aliphatic carbocycles. The van der Waals surface area contributed by atoms with E-state index in [0.717, 1.165) is 0 Å². The third kappa shape index (κ3) is 5.53. The number of nitrogens with zero attached hydrogens (tertiary/aromatic N) is 1. The van der Waals surface area contributed by atoms with Crippen molar-refractivity contribution in [3.63, 3.8) is 0 Å². The maximum absolute atomic E-state index is 11.7. The molecule has 6 heteroatoms. The van der Waals surface area contributed by atoms with E-state index in [1.54, 1.807) is 31.4 Å². The van der Waals surface area contributed by atoms with Crippen molar-refractivity contribution < 1.29 is 19.1 Å². The maximum atomic E-state index is 11.7. The van der Waals surface area contributed by atoms with Crippen molar-refractivity contribution in [3.05, 3.63) is 59.7 Å². The molecular weight excluding hydrogens is 320 g/mol. The van der Waals surface area contributed by atoms with Crippen LogP contribution in [0.5, 0.6) is 11.5 Å². The summed E-state index contributed by atoms with van der Waals surface area (Å²) in [5.74, 6) is 1.19. The van der Waals surface area contributed by atoms with Crippen LogP contribution >= 0.6 is 0 Å². The summed E-state index contributed by atoms with van der Waals surface area (Å²) < 4.78 is 10.4. The van der Waals surface area contributed by atoms with E-state index in [-0.39, 0.29) is 12.4 Å². The van der Waals surface area contributed by atoms with Crippen LogP contribution < -0.4 is 15.2 Å². The predicted molar refractivity (Wildman–Crippen MR) is 95.8 cm³/mol. The molecule has 0 spiro atoms. The number of benzene rings is 2. The predicted octanol–water partition coefficient (Wildman–Crippen LogP) is 3.06. The lowest BCUT2D eigenvalue weighted by atomic mass is 10.0. The number of ether oxygens (including phenoxy) is 2. The average Bonchev–Trinajstić information content (AvgIpc) is 2.64. The van der Waals surface area contributed by atoms with E-state index >= 15 is 0 Å². The lowest BCUT2D eigenvalue weighted by molar-refractivity contribution is -0.146. The standard InChI is InChI=1S/C19H22N2O4/c1-13(2)14-4-10-17(11-5-14)24-12-18(22)25-21-19(20)15-6-8-16(23-3)9-7-15/h4-11,13H,12H2,1-3H3,(H2,20,21). The molecule has 0 saturated heterocycles. The quantitative estimate of drug-likeness (QED) is 0.362. The number of rotatable bonds is 7. The zero-order chi connectivity index (χ0) is 18.2. The van der Waals surface area contributed by atoms with Gasteiger partial charge in [0, 0.05) is 5.56 Å². The molecular formula is C19H22N2O4. The van der Waals surface area contributed by atoms with Crippen LogP contribution in [0.1, 0.15) is 30.9 Å². The van der Waals surface area contributed by atoms with Crippen molar-refractivity contribution in [1.29, 1.82) is 0 Å². The van der Waals surface area contributed by atoms with Crippen molar-refractivity contribution in [2.24, 2.45) is 10.9 Å². The second-order valence-corrected chi connectivity index (χ2v) is 5.68. The summed E-state index contributed by atoms with van der Waals surface area (Å²) in [7, 11) is 1.57. The van der Waals surface area contributed by atoms with Crippen LogP contribution in [0.2, 0.25) is 0 Å². The minimum absolute atomic E-state index is 0.0947. The average molecular weight is 342 g/mol. The molecule has 0 aromatic heterocycles. The van der Waals surface area contributed by atoms with Gasteiger partial charge in [-0.25, -0.2) is 4.79 Å². The number of amidine groups is 1. The van der Waals surface area contributed by atoms with Crippen LogP contribution in [0, 0.1) is 0 Å². The van der Waals surface area contributed by atoms with Crippen LogP contribution in [0.25, 0.3) is 0 Å². The van der Waals surface area contributed by atoms with E-state index < -0.39 is 5.97 Å². The summed E-state index contributed by atoms with van der Waals surface area (Å²) >= 11 is 0. The number of oxime groups is 1. The number of nitrogens with two attached hydrogens (primary N) is 1. The number of hydrogen-bond donors (Lipinski definition) is 1. The van der Waals surface area contributed by atoms with Gasteiger partial charge in [0.25, 0.3) is 0 Å². The van der Waals surface area contributed by atoms with Crippen LogP contribution in [0.15, 0.2) is 53.7 Å². The SMILES string of the molecule is COc1ccc(C(N)=NOC(=O)COc2ccc(C(C)C)cc2)cc1. The molecule has 2 rings (SSSR count). The molecule has 2 aromatic rings. The van der Waals surface area contributed by atoms with Gasteiger partial charge in [-0.3, -0.25) is 0 Å². The Morgan fingerprint density at radius 1 is 1.04 bits per heavy atom. The molecule has 2 N–H and O–H groups in total. The van der Waals surface area contributed by atoms with Crippen LogP contribution in [0.4, 0.5) is 0 Å². The zero-order valence-corrected chi connectivity index (χ0v) is 14.6. The van der Waals surface area contributed by atoms with Gasteiger partial charge in [0.1, 0.15) is 11.5 Å². The molecule has 0 fully saturated rings. The summed E-state index contributed by atoms with van der Waals surface area (Å²) in [5, 5.41) is 3.62. The Balaban J connectivity index is 1.84. The van der Waals surface area contributed by atoms with Crippen LogP contribution in [-0.2, 0) is 9.63 Å².